The highest BCUT2D eigenvalue weighted by atomic mass is 32.2. The molecule has 3 aromatic carbocycles. The molecule has 3 heterocycles. The summed E-state index contributed by atoms with van der Waals surface area (Å²) in [4.78, 5) is 56.7. The van der Waals surface area contributed by atoms with Crippen LogP contribution in [-0.2, 0) is 14.4 Å². The van der Waals surface area contributed by atoms with Gasteiger partial charge in [0.15, 0.2) is 18.1 Å². The number of aromatic amines is 1. The van der Waals surface area contributed by atoms with Gasteiger partial charge in [-0.25, -0.2) is 9.29 Å². The Morgan fingerprint density at radius 1 is 0.977 bits per heavy atom. The van der Waals surface area contributed by atoms with Gasteiger partial charge in [-0.3, -0.25) is 19.2 Å². The van der Waals surface area contributed by atoms with Crippen LogP contribution in [0.5, 0.6) is 17.2 Å². The molecule has 0 aliphatic carbocycles. The van der Waals surface area contributed by atoms with Crippen LogP contribution in [0.25, 0.3) is 0 Å². The standard InChI is InChI=1S/C31H26FN3O7S2/c1-3-41-22-14-16(4-13-21(22)42-15-23(36)33-18-7-11-20(40-2)12-8-18)24-25-27(43-28-26(24)44-31(39)34-28)30(38)35(29(25)37)19-9-5-17(32)6-10-19/h4-14,24-25,27H,3,15H2,1-2H3,(H,33,36)(H,34,39). The Kier molecular flexibility index (Phi) is 8.15. The van der Waals surface area contributed by atoms with Gasteiger partial charge < -0.3 is 24.5 Å². The topological polar surface area (TPSA) is 127 Å². The molecule has 0 bridgehead atoms. The quantitative estimate of drug-likeness (QED) is 0.251. The van der Waals surface area contributed by atoms with E-state index in [0.717, 1.165) is 28.0 Å². The van der Waals surface area contributed by atoms with Crippen LogP contribution in [0.1, 0.15) is 23.3 Å². The van der Waals surface area contributed by atoms with Crippen molar-refractivity contribution in [2.75, 3.05) is 30.5 Å². The van der Waals surface area contributed by atoms with Gasteiger partial charge in [0, 0.05) is 16.5 Å². The fourth-order valence-corrected chi connectivity index (χ4v) is 7.86. The minimum absolute atomic E-state index is 0.277. The van der Waals surface area contributed by atoms with Gasteiger partial charge in [0.1, 0.15) is 16.8 Å². The maximum atomic E-state index is 13.9. The van der Waals surface area contributed by atoms with Crippen LogP contribution in [0.15, 0.2) is 76.6 Å². The lowest BCUT2D eigenvalue weighted by atomic mass is 9.83. The van der Waals surface area contributed by atoms with Crippen molar-refractivity contribution in [1.29, 1.82) is 0 Å². The highest BCUT2D eigenvalue weighted by Crippen LogP contribution is 2.53. The van der Waals surface area contributed by atoms with Crippen molar-refractivity contribution in [2.45, 2.75) is 23.1 Å². The maximum Gasteiger partial charge on any atom is 0.305 e. The molecule has 1 saturated heterocycles. The maximum absolute atomic E-state index is 13.9. The van der Waals surface area contributed by atoms with E-state index in [-0.39, 0.29) is 23.1 Å². The Morgan fingerprint density at radius 3 is 2.43 bits per heavy atom. The summed E-state index contributed by atoms with van der Waals surface area (Å²) in [7, 11) is 1.56. The second-order valence-corrected chi connectivity index (χ2v) is 12.1. The number of benzene rings is 3. The number of H-pyrrole nitrogens is 1. The van der Waals surface area contributed by atoms with Crippen molar-refractivity contribution in [3.63, 3.8) is 0 Å². The predicted molar refractivity (Wildman–Crippen MR) is 164 cm³/mol. The second kappa shape index (κ2) is 12.2. The van der Waals surface area contributed by atoms with Crippen molar-refractivity contribution in [3.8, 4) is 17.2 Å². The molecule has 6 rings (SSSR count). The number of fused-ring (bicyclic) bond motifs is 2. The molecule has 226 valence electrons. The number of nitrogens with one attached hydrogen (secondary N) is 2. The first-order chi connectivity index (χ1) is 21.3. The van der Waals surface area contributed by atoms with Gasteiger partial charge in [0.25, 0.3) is 5.91 Å². The lowest BCUT2D eigenvalue weighted by molar-refractivity contribution is -0.122. The molecule has 0 spiro atoms. The number of methoxy groups -OCH3 is 1. The van der Waals surface area contributed by atoms with Crippen LogP contribution in [-0.4, -0.2) is 48.3 Å². The monoisotopic (exact) mass is 635 g/mol. The van der Waals surface area contributed by atoms with Crippen molar-refractivity contribution < 1.29 is 33.0 Å². The van der Waals surface area contributed by atoms with E-state index >= 15 is 0 Å². The SMILES string of the molecule is CCOc1cc(C2c3sc(=O)[nH]c3SC3C(=O)N(c4ccc(F)cc4)C(=O)C32)ccc1OCC(=O)Nc1ccc(OC)cc1. The molecule has 3 atom stereocenters. The highest BCUT2D eigenvalue weighted by Gasteiger charge is 2.56. The number of halogens is 1. The number of hydrogen-bond donors (Lipinski definition) is 2. The number of carbonyl (C=O) groups is 3. The normalized spacial score (nSPS) is 18.9. The molecule has 0 saturated carbocycles. The summed E-state index contributed by atoms with van der Waals surface area (Å²) in [6, 6.07) is 17.1. The molecular weight excluding hydrogens is 609 g/mol. The molecule has 1 aromatic heterocycles. The van der Waals surface area contributed by atoms with E-state index in [1.807, 2.05) is 0 Å². The summed E-state index contributed by atoms with van der Waals surface area (Å²) in [5.41, 5.74) is 1.49. The lowest BCUT2D eigenvalue weighted by Crippen LogP contribution is -2.32. The largest absolute Gasteiger partial charge is 0.497 e. The van der Waals surface area contributed by atoms with Crippen LogP contribution >= 0.6 is 23.1 Å². The van der Waals surface area contributed by atoms with Crippen LogP contribution in [0.4, 0.5) is 15.8 Å². The molecule has 0 radical (unpaired) electrons. The fourth-order valence-electron chi connectivity index (χ4n) is 5.34. The molecule has 2 aliphatic heterocycles. The number of nitrogens with zero attached hydrogens (tertiary/aromatic N) is 1. The summed E-state index contributed by atoms with van der Waals surface area (Å²) < 4.78 is 30.4. The van der Waals surface area contributed by atoms with E-state index < -0.39 is 34.7 Å². The summed E-state index contributed by atoms with van der Waals surface area (Å²) >= 11 is 2.14. The van der Waals surface area contributed by atoms with E-state index in [1.54, 1.807) is 56.5 Å². The van der Waals surface area contributed by atoms with E-state index in [4.69, 9.17) is 14.2 Å². The lowest BCUT2D eigenvalue weighted by Gasteiger charge is -2.30. The minimum atomic E-state index is -0.826. The molecule has 3 amide bonds. The summed E-state index contributed by atoms with van der Waals surface area (Å²) in [6.07, 6.45) is 0. The number of thioether (sulfide) groups is 1. The van der Waals surface area contributed by atoms with Crippen molar-refractivity contribution in [3.05, 3.63) is 92.7 Å². The van der Waals surface area contributed by atoms with Gasteiger partial charge in [-0.1, -0.05) is 29.2 Å². The number of rotatable bonds is 9. The number of thiazole rings is 1. The Morgan fingerprint density at radius 2 is 1.73 bits per heavy atom. The average molecular weight is 636 g/mol. The molecule has 44 heavy (non-hydrogen) atoms. The predicted octanol–water partition coefficient (Wildman–Crippen LogP) is 4.80. The molecule has 1 fully saturated rings. The van der Waals surface area contributed by atoms with Crippen LogP contribution in [0.2, 0.25) is 0 Å². The van der Waals surface area contributed by atoms with Gasteiger partial charge in [0.2, 0.25) is 11.8 Å². The molecule has 4 aromatic rings. The zero-order chi connectivity index (χ0) is 31.0. The first kappa shape index (κ1) is 29.5. The number of amides is 3. The number of imide groups is 1. The molecule has 10 nitrogen and oxygen atoms in total. The van der Waals surface area contributed by atoms with Crippen molar-refractivity contribution in [1.82, 2.24) is 4.98 Å². The van der Waals surface area contributed by atoms with E-state index in [2.05, 4.69) is 10.3 Å². The Bertz CT molecular complexity index is 1790. The zero-order valence-corrected chi connectivity index (χ0v) is 25.1. The molecule has 2 N–H and O–H groups in total. The average Bonchev–Trinajstić information content (AvgIpc) is 3.51. The second-order valence-electron chi connectivity index (χ2n) is 9.94. The number of aromatic nitrogens is 1. The van der Waals surface area contributed by atoms with Gasteiger partial charge in [-0.15, -0.1) is 0 Å². The van der Waals surface area contributed by atoms with Crippen molar-refractivity contribution >= 4 is 52.2 Å². The van der Waals surface area contributed by atoms with Crippen LogP contribution < -0.4 is 29.3 Å². The summed E-state index contributed by atoms with van der Waals surface area (Å²) in [5.74, 6) is -1.90. The van der Waals surface area contributed by atoms with Gasteiger partial charge in [0.05, 0.1) is 30.3 Å². The Hall–Kier alpha value is -4.62. The molecular formula is C31H26FN3O7S2. The number of ether oxygens (including phenoxy) is 3. The third-order valence-electron chi connectivity index (χ3n) is 7.27. The third-order valence-corrected chi connectivity index (χ3v) is 9.67. The van der Waals surface area contributed by atoms with Crippen LogP contribution in [0, 0.1) is 11.7 Å². The van der Waals surface area contributed by atoms with Crippen molar-refractivity contribution in [2.24, 2.45) is 5.92 Å². The van der Waals surface area contributed by atoms with Gasteiger partial charge in [-0.05, 0) is 73.2 Å². The van der Waals surface area contributed by atoms with Gasteiger partial charge >= 0.3 is 4.87 Å². The number of anilines is 2. The van der Waals surface area contributed by atoms with E-state index in [9.17, 15) is 23.6 Å². The van der Waals surface area contributed by atoms with E-state index in [0.29, 0.717) is 45.0 Å². The minimum Gasteiger partial charge on any atom is -0.497 e. The Labute approximate surface area is 259 Å². The van der Waals surface area contributed by atoms with Gasteiger partial charge in [-0.2, -0.15) is 0 Å². The van der Waals surface area contributed by atoms with E-state index in [1.165, 1.54) is 24.3 Å². The fraction of sp³-hybridized carbons (Fsp3) is 0.226. The highest BCUT2D eigenvalue weighted by molar-refractivity contribution is 8.00. The third kappa shape index (κ3) is 5.55. The van der Waals surface area contributed by atoms with Crippen LogP contribution in [0.3, 0.4) is 0 Å². The summed E-state index contributed by atoms with van der Waals surface area (Å²) in [6.45, 7) is 1.80. The Balaban J connectivity index is 1.29. The number of carbonyl (C=O) groups excluding carboxylic acids is 3. The summed E-state index contributed by atoms with van der Waals surface area (Å²) in [5, 5.41) is 2.48. The molecule has 2 aliphatic rings. The molecule has 13 heteroatoms. The zero-order valence-electron chi connectivity index (χ0n) is 23.5. The first-order valence-corrected chi connectivity index (χ1v) is 15.3. The number of hydrogen-bond acceptors (Lipinski definition) is 9. The smallest absolute Gasteiger partial charge is 0.305 e. The molecule has 3 unspecified atom stereocenters. The first-order valence-electron chi connectivity index (χ1n) is 13.6.